The van der Waals surface area contributed by atoms with E-state index in [1.54, 1.807) is 0 Å². The van der Waals surface area contributed by atoms with Gasteiger partial charge in [-0.15, -0.1) is 0 Å². The largest absolute Gasteiger partial charge is 0.328 e. The van der Waals surface area contributed by atoms with Crippen LogP contribution in [-0.4, -0.2) is 117 Å². The second-order valence-corrected chi connectivity index (χ2v) is 14.7. The van der Waals surface area contributed by atoms with Gasteiger partial charge in [0.15, 0.2) is 4.46 Å². The average Bonchev–Trinajstić information content (AvgIpc) is 2.85. The Morgan fingerprint density at radius 2 is 1.53 bits per heavy atom. The lowest BCUT2D eigenvalue weighted by Crippen LogP contribution is -2.55. The van der Waals surface area contributed by atoms with Crippen LogP contribution in [0, 0.1) is 11.8 Å². The van der Waals surface area contributed by atoms with Crippen LogP contribution in [0.4, 0.5) is 0 Å². The summed E-state index contributed by atoms with van der Waals surface area (Å²) in [6.45, 7) is 14.0. The van der Waals surface area contributed by atoms with Gasteiger partial charge in [-0.3, -0.25) is 4.90 Å². The molecule has 2 rings (SSSR count). The van der Waals surface area contributed by atoms with E-state index in [0.717, 1.165) is 81.8 Å². The molecule has 2 heterocycles. The van der Waals surface area contributed by atoms with Crippen molar-refractivity contribution in [1.29, 1.82) is 0 Å². The maximum atomic E-state index is 7.30. The van der Waals surface area contributed by atoms with Crippen molar-refractivity contribution in [3.05, 3.63) is 0 Å². The summed E-state index contributed by atoms with van der Waals surface area (Å²) in [7, 11) is 9.42. The molecule has 0 radical (unpaired) electrons. The summed E-state index contributed by atoms with van der Waals surface area (Å²) >= 11 is 14.6. The first-order chi connectivity index (χ1) is 18.1. The highest BCUT2D eigenvalue weighted by atomic mass is 35.5. The van der Waals surface area contributed by atoms with Crippen molar-refractivity contribution < 1.29 is 4.48 Å². The zero-order valence-corrected chi connectivity index (χ0v) is 27.6. The van der Waals surface area contributed by atoms with Crippen LogP contribution in [-0.2, 0) is 0 Å². The lowest BCUT2D eigenvalue weighted by molar-refractivity contribution is -0.900. The first-order valence-corrected chi connectivity index (χ1v) is 16.9. The van der Waals surface area contributed by atoms with Gasteiger partial charge < -0.3 is 19.6 Å². The molecule has 0 aliphatic carbocycles. The van der Waals surface area contributed by atoms with Gasteiger partial charge in [0.1, 0.15) is 0 Å². The van der Waals surface area contributed by atoms with E-state index in [1.165, 1.54) is 70.6 Å². The summed E-state index contributed by atoms with van der Waals surface area (Å²) < 4.78 is 0.262. The standard InChI is InChI=1S/C31H64Cl2N5/c1-7-9-10-11-12-16-28(30(8-2)38(4,5)6)17-13-14-18-29-27-34-19-22-36-21-15-20-35(3)23-25-37(26-24-36)31(29,32)33/h28-30,34H,7-27H2,1-6H3/q+1. The van der Waals surface area contributed by atoms with Gasteiger partial charge >= 0.3 is 0 Å². The Hall–Kier alpha value is 0.380. The van der Waals surface area contributed by atoms with Gasteiger partial charge in [-0.05, 0) is 52.2 Å². The number of quaternary nitrogens is 1. The minimum absolute atomic E-state index is 0.249. The maximum Gasteiger partial charge on any atom is 0.175 e. The van der Waals surface area contributed by atoms with Gasteiger partial charge in [-0.25, -0.2) is 0 Å². The Balaban J connectivity index is 1.99. The zero-order valence-electron chi connectivity index (χ0n) is 26.1. The number of fused-ring (bicyclic) bond motifs is 3. The van der Waals surface area contributed by atoms with E-state index in [4.69, 9.17) is 23.2 Å². The molecular formula is C31H64Cl2N5+. The Kier molecular flexibility index (Phi) is 16.4. The number of hydrogen-bond donors (Lipinski definition) is 1. The number of likely N-dealkylation sites (N-methyl/N-ethyl adjacent to an activating group) is 1. The molecule has 0 spiro atoms. The van der Waals surface area contributed by atoms with Crippen molar-refractivity contribution in [3.63, 3.8) is 0 Å². The second kappa shape index (κ2) is 18.0. The van der Waals surface area contributed by atoms with Crippen LogP contribution in [0.25, 0.3) is 0 Å². The summed E-state index contributed by atoms with van der Waals surface area (Å²) in [6.07, 6.45) is 15.7. The van der Waals surface area contributed by atoms with Crippen molar-refractivity contribution in [2.75, 3.05) is 87.1 Å². The van der Waals surface area contributed by atoms with E-state index >= 15 is 0 Å². The van der Waals surface area contributed by atoms with Gasteiger partial charge in [-0.1, -0.05) is 82.0 Å². The summed E-state index contributed by atoms with van der Waals surface area (Å²) in [4.78, 5) is 7.41. The molecule has 0 amide bonds. The van der Waals surface area contributed by atoms with Crippen molar-refractivity contribution in [2.45, 2.75) is 101 Å². The van der Waals surface area contributed by atoms with E-state index < -0.39 is 4.46 Å². The van der Waals surface area contributed by atoms with Gasteiger partial charge in [0.05, 0.1) is 27.2 Å². The fourth-order valence-corrected chi connectivity index (χ4v) is 7.71. The van der Waals surface area contributed by atoms with Crippen LogP contribution in [0.3, 0.4) is 0 Å². The van der Waals surface area contributed by atoms with Crippen LogP contribution in [0.2, 0.25) is 0 Å². The number of alkyl halides is 2. The van der Waals surface area contributed by atoms with Crippen LogP contribution >= 0.6 is 23.2 Å². The Morgan fingerprint density at radius 3 is 2.21 bits per heavy atom. The summed E-state index contributed by atoms with van der Waals surface area (Å²) in [5.74, 6) is 1.06. The van der Waals surface area contributed by atoms with Crippen LogP contribution in [0.5, 0.6) is 0 Å². The predicted molar refractivity (Wildman–Crippen MR) is 168 cm³/mol. The molecule has 0 aromatic heterocycles. The quantitative estimate of drug-likeness (QED) is 0.113. The monoisotopic (exact) mass is 576 g/mol. The van der Waals surface area contributed by atoms with Gasteiger partial charge in [0.25, 0.3) is 0 Å². The molecule has 5 atom stereocenters. The Bertz CT molecular complexity index is 612. The van der Waals surface area contributed by atoms with E-state index in [-0.39, 0.29) is 5.92 Å². The lowest BCUT2D eigenvalue weighted by atomic mass is 9.85. The number of nitrogens with zero attached hydrogens (tertiary/aromatic N) is 4. The molecule has 0 aromatic rings. The highest BCUT2D eigenvalue weighted by Crippen LogP contribution is 2.38. The number of unbranched alkanes of at least 4 members (excludes halogenated alkanes) is 5. The molecule has 7 heteroatoms. The number of rotatable bonds is 14. The van der Waals surface area contributed by atoms with Crippen molar-refractivity contribution in [1.82, 2.24) is 20.0 Å². The molecule has 226 valence electrons. The van der Waals surface area contributed by atoms with Gasteiger partial charge in [-0.2, -0.15) is 0 Å². The molecule has 0 aromatic carbocycles. The topological polar surface area (TPSA) is 21.8 Å². The molecule has 5 nitrogen and oxygen atoms in total. The van der Waals surface area contributed by atoms with E-state index in [9.17, 15) is 0 Å². The summed E-state index contributed by atoms with van der Waals surface area (Å²) in [6, 6.07) is 0.741. The summed E-state index contributed by atoms with van der Waals surface area (Å²) in [5, 5.41) is 3.73. The van der Waals surface area contributed by atoms with Gasteiger partial charge in [0, 0.05) is 57.6 Å². The molecule has 5 unspecified atom stereocenters. The number of hydrogen-bond acceptors (Lipinski definition) is 4. The maximum absolute atomic E-state index is 7.30. The molecule has 2 fully saturated rings. The Labute approximate surface area is 247 Å². The predicted octanol–water partition coefficient (Wildman–Crippen LogP) is 6.30. The third-order valence-corrected chi connectivity index (χ3v) is 10.5. The molecule has 2 saturated heterocycles. The first kappa shape index (κ1) is 34.6. The molecule has 0 saturated carbocycles. The molecule has 2 bridgehead atoms. The molecule has 2 aliphatic rings. The smallest absolute Gasteiger partial charge is 0.175 e. The van der Waals surface area contributed by atoms with Crippen molar-refractivity contribution in [3.8, 4) is 0 Å². The van der Waals surface area contributed by atoms with Gasteiger partial charge in [0.2, 0.25) is 0 Å². The Morgan fingerprint density at radius 1 is 0.842 bits per heavy atom. The van der Waals surface area contributed by atoms with Crippen LogP contribution < -0.4 is 5.32 Å². The first-order valence-electron chi connectivity index (χ1n) is 16.1. The highest BCUT2D eigenvalue weighted by molar-refractivity contribution is 6.48. The minimum atomic E-state index is -0.816. The number of halogens is 2. The van der Waals surface area contributed by atoms with Crippen molar-refractivity contribution >= 4 is 23.2 Å². The minimum Gasteiger partial charge on any atom is -0.328 e. The average molecular weight is 578 g/mol. The zero-order chi connectivity index (χ0) is 28.0. The van der Waals surface area contributed by atoms with Crippen LogP contribution in [0.15, 0.2) is 0 Å². The third kappa shape index (κ3) is 12.1. The highest BCUT2D eigenvalue weighted by Gasteiger charge is 2.41. The fraction of sp³-hybridized carbons (Fsp3) is 1.00. The van der Waals surface area contributed by atoms with E-state index in [2.05, 4.69) is 62.1 Å². The van der Waals surface area contributed by atoms with Crippen LogP contribution in [0.1, 0.15) is 90.9 Å². The molecule has 1 N–H and O–H groups in total. The second-order valence-electron chi connectivity index (χ2n) is 13.3. The van der Waals surface area contributed by atoms with E-state index in [0.29, 0.717) is 0 Å². The normalized spacial score (nSPS) is 27.6. The fourth-order valence-electron chi connectivity index (χ4n) is 7.00. The summed E-state index contributed by atoms with van der Waals surface area (Å²) in [5.41, 5.74) is 0. The SMILES string of the molecule is CCCCCCCC(CCCCC1CNCCN2CCCN(C)CCN(CC2)C1(Cl)Cl)C(CC)[N+](C)(C)C. The third-order valence-electron chi connectivity index (χ3n) is 9.37. The lowest BCUT2D eigenvalue weighted by Gasteiger charge is -2.43. The van der Waals surface area contributed by atoms with E-state index in [1.807, 2.05) is 0 Å². The number of nitrogens with one attached hydrogen (secondary N) is 1. The molecular weight excluding hydrogens is 513 g/mol. The molecule has 2 aliphatic heterocycles. The van der Waals surface area contributed by atoms with Crippen molar-refractivity contribution in [2.24, 2.45) is 11.8 Å². The molecule has 38 heavy (non-hydrogen) atoms.